The number of ether oxygens (including phenoxy) is 1. The van der Waals surface area contributed by atoms with Gasteiger partial charge < -0.3 is 9.15 Å². The molecule has 74 valence electrons. The van der Waals surface area contributed by atoms with Crippen LogP contribution in [-0.4, -0.2) is 11.6 Å². The molecule has 0 saturated carbocycles. The van der Waals surface area contributed by atoms with Gasteiger partial charge in [-0.1, -0.05) is 13.8 Å². The molecule has 0 fully saturated rings. The van der Waals surface area contributed by atoms with Crippen molar-refractivity contribution in [1.82, 2.24) is 4.98 Å². The molecule has 0 amide bonds. The van der Waals surface area contributed by atoms with Crippen LogP contribution in [0.15, 0.2) is 10.7 Å². The molecule has 1 rings (SSSR count). The molecular formula is C9H14ClNO2. The van der Waals surface area contributed by atoms with Gasteiger partial charge in [0.2, 0.25) is 0 Å². The molecule has 0 atom stereocenters. The number of aromatic nitrogens is 1. The number of hydrogen-bond acceptors (Lipinski definition) is 3. The standard InChI is InChI=1S/C9H14ClNO2/c1-7(2)3-4-12-9-11-8(5-10)6-13-9/h6-7H,3-5H2,1-2H3. The number of oxazole rings is 1. The number of rotatable bonds is 5. The van der Waals surface area contributed by atoms with Crippen molar-refractivity contribution < 1.29 is 9.15 Å². The number of alkyl halides is 1. The molecule has 0 saturated heterocycles. The van der Waals surface area contributed by atoms with Gasteiger partial charge in [-0.3, -0.25) is 0 Å². The molecule has 0 N–H and O–H groups in total. The van der Waals surface area contributed by atoms with Crippen molar-refractivity contribution in [2.45, 2.75) is 26.1 Å². The van der Waals surface area contributed by atoms with Gasteiger partial charge in [0.25, 0.3) is 0 Å². The summed E-state index contributed by atoms with van der Waals surface area (Å²) in [5.74, 6) is 0.985. The number of nitrogens with zero attached hydrogens (tertiary/aromatic N) is 1. The average molecular weight is 204 g/mol. The van der Waals surface area contributed by atoms with Crippen molar-refractivity contribution in [2.75, 3.05) is 6.61 Å². The summed E-state index contributed by atoms with van der Waals surface area (Å²) in [4.78, 5) is 4.00. The molecule has 1 heterocycles. The second kappa shape index (κ2) is 5.12. The SMILES string of the molecule is CC(C)CCOc1nc(CCl)co1. The minimum atomic E-state index is 0.316. The van der Waals surface area contributed by atoms with Gasteiger partial charge in [-0.2, -0.15) is 4.98 Å². The fraction of sp³-hybridized carbons (Fsp3) is 0.667. The van der Waals surface area contributed by atoms with E-state index >= 15 is 0 Å². The third-order valence-electron chi connectivity index (χ3n) is 1.59. The van der Waals surface area contributed by atoms with Crippen molar-refractivity contribution in [3.63, 3.8) is 0 Å². The molecule has 0 spiro atoms. The van der Waals surface area contributed by atoms with E-state index in [2.05, 4.69) is 18.8 Å². The lowest BCUT2D eigenvalue weighted by Gasteiger charge is -2.03. The molecule has 0 aliphatic rings. The molecule has 0 aromatic carbocycles. The first kappa shape index (κ1) is 10.4. The van der Waals surface area contributed by atoms with E-state index in [-0.39, 0.29) is 0 Å². The van der Waals surface area contributed by atoms with Crippen molar-refractivity contribution >= 4 is 11.6 Å². The van der Waals surface area contributed by atoms with Crippen molar-refractivity contribution in [3.05, 3.63) is 12.0 Å². The molecule has 4 heteroatoms. The van der Waals surface area contributed by atoms with Gasteiger partial charge in [-0.05, 0) is 12.3 Å². The molecule has 13 heavy (non-hydrogen) atoms. The fourth-order valence-corrected chi connectivity index (χ4v) is 0.921. The fourth-order valence-electron chi connectivity index (χ4n) is 0.798. The van der Waals surface area contributed by atoms with E-state index < -0.39 is 0 Å². The highest BCUT2D eigenvalue weighted by Crippen LogP contribution is 2.12. The zero-order chi connectivity index (χ0) is 9.68. The normalized spacial score (nSPS) is 10.8. The smallest absolute Gasteiger partial charge is 0.393 e. The molecule has 0 bridgehead atoms. The summed E-state index contributed by atoms with van der Waals surface area (Å²) in [6.07, 6.45) is 2.83. The van der Waals surface area contributed by atoms with Crippen LogP contribution in [0.5, 0.6) is 6.08 Å². The first-order chi connectivity index (χ1) is 6.22. The van der Waals surface area contributed by atoms with Crippen LogP contribution >= 0.6 is 11.6 Å². The predicted molar refractivity (Wildman–Crippen MR) is 51.0 cm³/mol. The van der Waals surface area contributed by atoms with E-state index in [9.17, 15) is 0 Å². The third-order valence-corrected chi connectivity index (χ3v) is 1.86. The quantitative estimate of drug-likeness (QED) is 0.691. The molecule has 1 aromatic rings. The summed E-state index contributed by atoms with van der Waals surface area (Å²) < 4.78 is 10.3. The zero-order valence-corrected chi connectivity index (χ0v) is 8.67. The van der Waals surface area contributed by atoms with E-state index in [0.717, 1.165) is 6.42 Å². The van der Waals surface area contributed by atoms with Crippen LogP contribution in [-0.2, 0) is 5.88 Å². The van der Waals surface area contributed by atoms with Gasteiger partial charge in [0.1, 0.15) is 6.26 Å². The average Bonchev–Trinajstić information content (AvgIpc) is 2.52. The van der Waals surface area contributed by atoms with Crippen LogP contribution in [0.25, 0.3) is 0 Å². The van der Waals surface area contributed by atoms with Gasteiger partial charge in [0.15, 0.2) is 0 Å². The lowest BCUT2D eigenvalue weighted by Crippen LogP contribution is -2.01. The first-order valence-corrected chi connectivity index (χ1v) is 4.89. The number of halogens is 1. The summed E-state index contributed by atoms with van der Waals surface area (Å²) in [5, 5.41) is 0. The highest BCUT2D eigenvalue weighted by Gasteiger charge is 2.03. The second-order valence-electron chi connectivity index (χ2n) is 3.27. The maximum absolute atomic E-state index is 5.55. The maximum Gasteiger partial charge on any atom is 0.393 e. The Kier molecular flexibility index (Phi) is 4.09. The third kappa shape index (κ3) is 3.68. The Morgan fingerprint density at radius 2 is 2.38 bits per heavy atom. The lowest BCUT2D eigenvalue weighted by atomic mass is 10.1. The Morgan fingerprint density at radius 3 is 2.92 bits per heavy atom. The first-order valence-electron chi connectivity index (χ1n) is 4.35. The molecule has 0 aliphatic heterocycles. The maximum atomic E-state index is 5.55. The van der Waals surface area contributed by atoms with E-state index in [1.165, 1.54) is 6.26 Å². The highest BCUT2D eigenvalue weighted by atomic mass is 35.5. The van der Waals surface area contributed by atoms with Crippen LogP contribution in [0.1, 0.15) is 26.0 Å². The van der Waals surface area contributed by atoms with E-state index in [1.807, 2.05) is 0 Å². The molecule has 0 unspecified atom stereocenters. The minimum Gasteiger partial charge on any atom is -0.450 e. The lowest BCUT2D eigenvalue weighted by molar-refractivity contribution is 0.216. The number of hydrogen-bond donors (Lipinski definition) is 0. The molecule has 3 nitrogen and oxygen atoms in total. The molecule has 0 radical (unpaired) electrons. The minimum absolute atomic E-state index is 0.316. The zero-order valence-electron chi connectivity index (χ0n) is 7.92. The summed E-state index contributed by atoms with van der Waals surface area (Å²) in [6.45, 7) is 4.92. The largest absolute Gasteiger partial charge is 0.450 e. The van der Waals surface area contributed by atoms with Crippen LogP contribution in [0.2, 0.25) is 0 Å². The van der Waals surface area contributed by atoms with Crippen LogP contribution < -0.4 is 4.74 Å². The van der Waals surface area contributed by atoms with Crippen LogP contribution in [0.3, 0.4) is 0 Å². The van der Waals surface area contributed by atoms with Crippen molar-refractivity contribution in [2.24, 2.45) is 5.92 Å². The molecule has 1 aromatic heterocycles. The van der Waals surface area contributed by atoms with Crippen LogP contribution in [0, 0.1) is 5.92 Å². The Labute approximate surface area is 83.1 Å². The van der Waals surface area contributed by atoms with Crippen molar-refractivity contribution in [1.29, 1.82) is 0 Å². The molecule has 0 aliphatic carbocycles. The van der Waals surface area contributed by atoms with Crippen LogP contribution in [0.4, 0.5) is 0 Å². The van der Waals surface area contributed by atoms with E-state index in [0.29, 0.717) is 30.2 Å². The summed E-state index contributed by atoms with van der Waals surface area (Å²) >= 11 is 5.55. The Hall–Kier alpha value is -0.700. The highest BCUT2D eigenvalue weighted by molar-refractivity contribution is 6.16. The van der Waals surface area contributed by atoms with Gasteiger partial charge >= 0.3 is 6.08 Å². The van der Waals surface area contributed by atoms with Gasteiger partial charge in [-0.25, -0.2) is 0 Å². The molecular weight excluding hydrogens is 190 g/mol. The van der Waals surface area contributed by atoms with Gasteiger partial charge in [0.05, 0.1) is 18.2 Å². The van der Waals surface area contributed by atoms with Gasteiger partial charge in [-0.15, -0.1) is 11.6 Å². The summed E-state index contributed by atoms with van der Waals surface area (Å²) in [5.41, 5.74) is 0.709. The Bertz CT molecular complexity index is 248. The monoisotopic (exact) mass is 203 g/mol. The van der Waals surface area contributed by atoms with E-state index in [1.54, 1.807) is 0 Å². The topological polar surface area (TPSA) is 35.3 Å². The second-order valence-corrected chi connectivity index (χ2v) is 3.54. The Balaban J connectivity index is 2.28. The summed E-state index contributed by atoms with van der Waals surface area (Å²) in [6, 6.07) is 0. The predicted octanol–water partition coefficient (Wildman–Crippen LogP) is 2.84. The van der Waals surface area contributed by atoms with E-state index in [4.69, 9.17) is 20.8 Å². The van der Waals surface area contributed by atoms with Gasteiger partial charge in [0, 0.05) is 0 Å². The Morgan fingerprint density at radius 1 is 1.62 bits per heavy atom. The van der Waals surface area contributed by atoms with Crippen molar-refractivity contribution in [3.8, 4) is 6.08 Å². The summed E-state index contributed by atoms with van der Waals surface area (Å²) in [7, 11) is 0.